The molecule has 0 spiro atoms. The van der Waals surface area contributed by atoms with E-state index in [4.69, 9.17) is 26.6 Å². The maximum Gasteiger partial charge on any atom is 0.249 e. The zero-order valence-corrected chi connectivity index (χ0v) is 21.5. The van der Waals surface area contributed by atoms with Crippen molar-refractivity contribution in [3.8, 4) is 5.75 Å². The topological polar surface area (TPSA) is 172 Å². The first kappa shape index (κ1) is 26.0. The number of ether oxygens (including phenoxy) is 2. The second-order valence-electron chi connectivity index (χ2n) is 9.36. The molecule has 1 saturated heterocycles. The largest absolute Gasteiger partial charge is 0.493 e. The molecule has 2 fully saturated rings. The van der Waals surface area contributed by atoms with Gasteiger partial charge in [0.1, 0.15) is 30.3 Å². The minimum Gasteiger partial charge on any atom is -0.493 e. The molecule has 0 radical (unpaired) electrons. The second-order valence-corrected chi connectivity index (χ2v) is 9.80. The summed E-state index contributed by atoms with van der Waals surface area (Å²) in [6, 6.07) is 4.42. The number of anilines is 1. The third-order valence-corrected chi connectivity index (χ3v) is 7.21. The maximum absolute atomic E-state index is 12.3. The number of hydrogen-bond acceptors (Lipinski definition) is 9. The summed E-state index contributed by atoms with van der Waals surface area (Å²) in [5, 5.41) is 20.7. The SMILES string of the molecule is CNC(=O)[C@H]1O[C@@H](n2cnc3c(NCc4cc(Cl)ccc4OCC4CCCC4)ncnc32)[C@H](O)[C@@H]1N=[N+]=[N-]. The van der Waals surface area contributed by atoms with Gasteiger partial charge in [0, 0.05) is 29.1 Å². The first-order valence-electron chi connectivity index (χ1n) is 12.4. The van der Waals surface area contributed by atoms with Crippen molar-refractivity contribution in [3.63, 3.8) is 0 Å². The van der Waals surface area contributed by atoms with Crippen LogP contribution < -0.4 is 15.4 Å². The summed E-state index contributed by atoms with van der Waals surface area (Å²) in [7, 11) is 1.43. The number of aliphatic hydroxyl groups is 1. The lowest BCUT2D eigenvalue weighted by molar-refractivity contribution is -0.134. The van der Waals surface area contributed by atoms with Gasteiger partial charge in [0.25, 0.3) is 0 Å². The van der Waals surface area contributed by atoms with E-state index in [2.05, 4.69) is 35.6 Å². The Kier molecular flexibility index (Phi) is 7.79. The van der Waals surface area contributed by atoms with Crippen LogP contribution in [0.3, 0.4) is 0 Å². The number of carbonyl (C=O) groups excluding carboxylic acids is 1. The van der Waals surface area contributed by atoms with E-state index in [1.54, 1.807) is 0 Å². The molecule has 4 atom stereocenters. The van der Waals surface area contributed by atoms with E-state index in [1.165, 1.54) is 50.0 Å². The van der Waals surface area contributed by atoms with Crippen molar-refractivity contribution in [3.05, 3.63) is 51.9 Å². The fraction of sp³-hybridized carbons (Fsp3) is 0.500. The van der Waals surface area contributed by atoms with Crippen LogP contribution in [0, 0.1) is 5.92 Å². The number of imidazole rings is 1. The molecule has 14 heteroatoms. The summed E-state index contributed by atoms with van der Waals surface area (Å²) in [5.41, 5.74) is 10.6. The number of fused-ring (bicyclic) bond motifs is 1. The Morgan fingerprint density at radius 3 is 2.92 bits per heavy atom. The van der Waals surface area contributed by atoms with Gasteiger partial charge in [0.2, 0.25) is 5.91 Å². The van der Waals surface area contributed by atoms with Crippen molar-refractivity contribution in [2.45, 2.75) is 56.7 Å². The van der Waals surface area contributed by atoms with Gasteiger partial charge in [0.15, 0.2) is 23.2 Å². The minimum atomic E-state index is -1.30. The summed E-state index contributed by atoms with van der Waals surface area (Å²) >= 11 is 6.27. The summed E-state index contributed by atoms with van der Waals surface area (Å²) in [4.78, 5) is 28.1. The highest BCUT2D eigenvalue weighted by molar-refractivity contribution is 6.30. The van der Waals surface area contributed by atoms with Crippen LogP contribution >= 0.6 is 11.6 Å². The molecule has 1 aliphatic carbocycles. The van der Waals surface area contributed by atoms with E-state index in [9.17, 15) is 9.90 Å². The molecule has 0 unspecified atom stereocenters. The Balaban J connectivity index is 1.36. The number of rotatable bonds is 9. The van der Waals surface area contributed by atoms with Gasteiger partial charge in [-0.2, -0.15) is 0 Å². The Bertz CT molecular complexity index is 1360. The lowest BCUT2D eigenvalue weighted by Crippen LogP contribution is -2.40. The molecule has 1 saturated carbocycles. The van der Waals surface area contributed by atoms with Crippen LogP contribution in [0.15, 0.2) is 36.0 Å². The highest BCUT2D eigenvalue weighted by Gasteiger charge is 2.48. The number of hydrogen-bond donors (Lipinski definition) is 3. The highest BCUT2D eigenvalue weighted by atomic mass is 35.5. The molecule has 38 heavy (non-hydrogen) atoms. The van der Waals surface area contributed by atoms with Crippen LogP contribution in [-0.2, 0) is 16.1 Å². The molecule has 13 nitrogen and oxygen atoms in total. The molecule has 2 aromatic heterocycles. The Morgan fingerprint density at radius 1 is 1.34 bits per heavy atom. The Hall–Kier alpha value is -3.64. The summed E-state index contributed by atoms with van der Waals surface area (Å²) in [6.45, 7) is 1.05. The number of aliphatic hydroxyl groups excluding tert-OH is 1. The standard InChI is InChI=1S/C24H28ClN9O4/c1-27-23(36)20-17(32-33-26)19(35)24(38-20)34-12-31-18-21(29-11-30-22(18)34)28-9-14-8-15(25)6-7-16(14)37-10-13-4-2-3-5-13/h6-8,11-13,17,19-20,24,35H,2-5,9-10H2,1H3,(H,27,36)(H,28,29,30)/t17-,19+,20-,24+/m0/s1. The lowest BCUT2D eigenvalue weighted by Gasteiger charge is -2.17. The quantitative estimate of drug-likeness (QED) is 0.210. The zero-order valence-electron chi connectivity index (χ0n) is 20.7. The van der Waals surface area contributed by atoms with Crippen LogP contribution in [-0.4, -0.2) is 62.4 Å². The van der Waals surface area contributed by atoms with Crippen molar-refractivity contribution in [2.24, 2.45) is 11.0 Å². The number of nitrogens with zero attached hydrogens (tertiary/aromatic N) is 7. The summed E-state index contributed by atoms with van der Waals surface area (Å²) < 4.78 is 13.4. The molecule has 3 N–H and O–H groups in total. The predicted molar refractivity (Wildman–Crippen MR) is 138 cm³/mol. The van der Waals surface area contributed by atoms with Crippen LogP contribution in [0.1, 0.15) is 37.5 Å². The fourth-order valence-electron chi connectivity index (χ4n) is 4.99. The highest BCUT2D eigenvalue weighted by Crippen LogP contribution is 2.34. The number of halogens is 1. The summed E-state index contributed by atoms with van der Waals surface area (Å²) in [6.07, 6.45) is 4.16. The predicted octanol–water partition coefficient (Wildman–Crippen LogP) is 3.34. The first-order valence-corrected chi connectivity index (χ1v) is 12.8. The summed E-state index contributed by atoms with van der Waals surface area (Å²) in [5.74, 6) is 1.28. The van der Waals surface area contributed by atoms with E-state index in [1.807, 2.05) is 18.2 Å². The number of azide groups is 1. The van der Waals surface area contributed by atoms with Crippen LogP contribution in [0.5, 0.6) is 5.75 Å². The number of likely N-dealkylation sites (N-methyl/N-ethyl adjacent to an activating group) is 1. The second kappa shape index (κ2) is 11.4. The average molecular weight is 542 g/mol. The molecule has 5 rings (SSSR count). The normalized spacial score (nSPS) is 23.3. The smallest absolute Gasteiger partial charge is 0.249 e. The number of amides is 1. The average Bonchev–Trinajstić information content (AvgIpc) is 3.67. The van der Waals surface area contributed by atoms with Crippen molar-refractivity contribution in [1.29, 1.82) is 0 Å². The van der Waals surface area contributed by atoms with Gasteiger partial charge in [0.05, 0.1) is 12.9 Å². The molecular weight excluding hydrogens is 514 g/mol. The van der Waals surface area contributed by atoms with Crippen molar-refractivity contribution in [2.75, 3.05) is 19.0 Å². The first-order chi connectivity index (χ1) is 18.5. The van der Waals surface area contributed by atoms with E-state index in [0.717, 1.165) is 11.3 Å². The van der Waals surface area contributed by atoms with Gasteiger partial charge in [-0.05, 0) is 42.5 Å². The molecule has 1 aliphatic heterocycles. The maximum atomic E-state index is 12.3. The lowest BCUT2D eigenvalue weighted by atomic mass is 10.1. The molecule has 1 amide bonds. The third-order valence-electron chi connectivity index (χ3n) is 6.98. The van der Waals surface area contributed by atoms with Gasteiger partial charge in [-0.25, -0.2) is 15.0 Å². The van der Waals surface area contributed by atoms with E-state index in [-0.39, 0.29) is 0 Å². The molecule has 2 aliphatic rings. The van der Waals surface area contributed by atoms with Crippen molar-refractivity contribution in [1.82, 2.24) is 24.8 Å². The monoisotopic (exact) mass is 541 g/mol. The van der Waals surface area contributed by atoms with Gasteiger partial charge < -0.3 is 25.2 Å². The number of carbonyl (C=O) groups is 1. The van der Waals surface area contributed by atoms with Crippen molar-refractivity contribution < 1.29 is 19.4 Å². The van der Waals surface area contributed by atoms with Crippen LogP contribution in [0.25, 0.3) is 21.6 Å². The van der Waals surface area contributed by atoms with Gasteiger partial charge in [-0.1, -0.05) is 29.6 Å². The number of benzene rings is 1. The van der Waals surface area contributed by atoms with E-state index >= 15 is 0 Å². The van der Waals surface area contributed by atoms with E-state index in [0.29, 0.717) is 41.1 Å². The van der Waals surface area contributed by atoms with Crippen molar-refractivity contribution >= 4 is 34.5 Å². The van der Waals surface area contributed by atoms with Gasteiger partial charge in [-0.15, -0.1) is 0 Å². The van der Waals surface area contributed by atoms with Crippen LogP contribution in [0.2, 0.25) is 5.02 Å². The Labute approximate surface area is 223 Å². The molecule has 200 valence electrons. The number of nitrogens with one attached hydrogen (secondary N) is 2. The molecule has 3 aromatic rings. The molecule has 0 bridgehead atoms. The minimum absolute atomic E-state index is 0.368. The third kappa shape index (κ3) is 5.18. The zero-order chi connectivity index (χ0) is 26.6. The van der Waals surface area contributed by atoms with Gasteiger partial charge >= 0.3 is 0 Å². The molecule has 3 heterocycles. The fourth-order valence-corrected chi connectivity index (χ4v) is 5.19. The Morgan fingerprint density at radius 2 is 2.16 bits per heavy atom. The molecule has 1 aromatic carbocycles. The number of aromatic nitrogens is 4. The van der Waals surface area contributed by atoms with E-state index < -0.39 is 30.4 Å². The van der Waals surface area contributed by atoms with Gasteiger partial charge in [-0.3, -0.25) is 9.36 Å². The van der Waals surface area contributed by atoms with Crippen LogP contribution in [0.4, 0.5) is 5.82 Å². The molecular formula is C24H28ClN9O4.